The van der Waals surface area contributed by atoms with Gasteiger partial charge in [0.1, 0.15) is 0 Å². The van der Waals surface area contributed by atoms with Gasteiger partial charge in [0.05, 0.1) is 26.8 Å². The van der Waals surface area contributed by atoms with Crippen molar-refractivity contribution in [2.45, 2.75) is 5.16 Å². The van der Waals surface area contributed by atoms with Gasteiger partial charge in [-0.05, 0) is 40.2 Å². The number of thiophene rings is 1. The Balaban J connectivity index is 1.56. The first-order valence-electron chi connectivity index (χ1n) is 6.75. The summed E-state index contributed by atoms with van der Waals surface area (Å²) in [7, 11) is 1.95. The maximum absolute atomic E-state index is 11.8. The lowest BCUT2D eigenvalue weighted by Crippen LogP contribution is -2.19. The Labute approximate surface area is 149 Å². The lowest BCUT2D eigenvalue weighted by atomic mass is 10.3. The normalized spacial score (nSPS) is 11.4. The van der Waals surface area contributed by atoms with Crippen LogP contribution in [0.1, 0.15) is 4.88 Å². The predicted octanol–water partition coefficient (Wildman–Crippen LogP) is 3.64. The molecule has 0 aliphatic heterocycles. The maximum atomic E-state index is 11.8. The highest BCUT2D eigenvalue weighted by Gasteiger charge is 2.09. The zero-order valence-corrected chi connectivity index (χ0v) is 15.4. The van der Waals surface area contributed by atoms with Gasteiger partial charge in [0, 0.05) is 11.9 Å². The second-order valence-corrected chi connectivity index (χ2v) is 8.10. The summed E-state index contributed by atoms with van der Waals surface area (Å²) in [6, 6.07) is 11.8. The van der Waals surface area contributed by atoms with Crippen molar-refractivity contribution in [2.24, 2.45) is 12.1 Å². The first-order valence-corrected chi connectivity index (χ1v) is 9.34. The number of amides is 1. The SMILES string of the molecule is Cn1c(SCC(=O)NN=Cc2ccc(Br)s2)nc2ccccc21. The summed E-state index contributed by atoms with van der Waals surface area (Å²) in [5.74, 6) is 0.108. The highest BCUT2D eigenvalue weighted by atomic mass is 79.9. The number of imidazole rings is 1. The van der Waals surface area contributed by atoms with E-state index in [0.717, 1.165) is 24.9 Å². The minimum atomic E-state index is -0.158. The van der Waals surface area contributed by atoms with Crippen LogP contribution in [0.5, 0.6) is 0 Å². The number of para-hydroxylation sites is 2. The molecular formula is C15H13BrN4OS2. The topological polar surface area (TPSA) is 59.3 Å². The van der Waals surface area contributed by atoms with Gasteiger partial charge in [-0.15, -0.1) is 11.3 Å². The number of halogens is 1. The summed E-state index contributed by atoms with van der Waals surface area (Å²) in [5.41, 5.74) is 4.51. The van der Waals surface area contributed by atoms with Crippen LogP contribution in [0.2, 0.25) is 0 Å². The van der Waals surface area contributed by atoms with Crippen LogP contribution >= 0.6 is 39.0 Å². The van der Waals surface area contributed by atoms with Crippen molar-refractivity contribution in [1.82, 2.24) is 15.0 Å². The first-order chi connectivity index (χ1) is 11.1. The molecule has 0 unspecified atom stereocenters. The number of aryl methyl sites for hydroxylation is 1. The number of aromatic nitrogens is 2. The minimum Gasteiger partial charge on any atom is -0.322 e. The second kappa shape index (κ2) is 7.29. The summed E-state index contributed by atoms with van der Waals surface area (Å²) in [5, 5.41) is 4.77. The Morgan fingerprint density at radius 2 is 2.26 bits per heavy atom. The van der Waals surface area contributed by atoms with Gasteiger partial charge in [-0.2, -0.15) is 5.10 Å². The van der Waals surface area contributed by atoms with E-state index in [1.54, 1.807) is 17.6 Å². The third kappa shape index (κ3) is 4.01. The van der Waals surface area contributed by atoms with Gasteiger partial charge < -0.3 is 4.57 Å². The van der Waals surface area contributed by atoms with Gasteiger partial charge in [0.25, 0.3) is 5.91 Å². The van der Waals surface area contributed by atoms with Gasteiger partial charge in [-0.3, -0.25) is 4.79 Å². The Morgan fingerprint density at radius 3 is 3.00 bits per heavy atom. The maximum Gasteiger partial charge on any atom is 0.250 e. The molecule has 2 aromatic heterocycles. The van der Waals surface area contributed by atoms with Crippen LogP contribution in [0, 0.1) is 0 Å². The van der Waals surface area contributed by atoms with Gasteiger partial charge in [-0.1, -0.05) is 23.9 Å². The lowest BCUT2D eigenvalue weighted by Gasteiger charge is -2.01. The summed E-state index contributed by atoms with van der Waals surface area (Å²) >= 11 is 6.33. The van der Waals surface area contributed by atoms with Crippen LogP contribution in [0.3, 0.4) is 0 Å². The van der Waals surface area contributed by atoms with E-state index in [1.807, 2.05) is 48.0 Å². The number of nitrogens with one attached hydrogen (secondary N) is 1. The smallest absolute Gasteiger partial charge is 0.250 e. The number of rotatable bonds is 5. The quantitative estimate of drug-likeness (QED) is 0.398. The molecule has 3 aromatic rings. The van der Waals surface area contributed by atoms with Crippen LogP contribution in [0.15, 0.2) is 50.4 Å². The Hall–Kier alpha value is -1.64. The lowest BCUT2D eigenvalue weighted by molar-refractivity contribution is -0.118. The zero-order valence-electron chi connectivity index (χ0n) is 12.2. The number of hydrazone groups is 1. The van der Waals surface area contributed by atoms with Gasteiger partial charge in [0.15, 0.2) is 5.16 Å². The third-order valence-corrected chi connectivity index (χ3v) is 5.64. The monoisotopic (exact) mass is 408 g/mol. The molecule has 0 spiro atoms. The molecule has 3 rings (SSSR count). The van der Waals surface area contributed by atoms with E-state index in [9.17, 15) is 4.79 Å². The van der Waals surface area contributed by atoms with Crippen LogP contribution in [-0.4, -0.2) is 27.4 Å². The zero-order chi connectivity index (χ0) is 16.2. The number of carbonyl (C=O) groups is 1. The highest BCUT2D eigenvalue weighted by molar-refractivity contribution is 9.11. The van der Waals surface area contributed by atoms with E-state index >= 15 is 0 Å². The van der Waals surface area contributed by atoms with E-state index in [4.69, 9.17) is 0 Å². The number of benzene rings is 1. The molecule has 2 heterocycles. The van der Waals surface area contributed by atoms with Crippen molar-refractivity contribution >= 4 is 62.2 Å². The van der Waals surface area contributed by atoms with E-state index < -0.39 is 0 Å². The molecule has 118 valence electrons. The Bertz CT molecular complexity index is 871. The summed E-state index contributed by atoms with van der Waals surface area (Å²) in [6.07, 6.45) is 1.63. The van der Waals surface area contributed by atoms with Crippen molar-refractivity contribution in [3.8, 4) is 0 Å². The fourth-order valence-electron chi connectivity index (χ4n) is 1.98. The molecule has 1 amide bonds. The fraction of sp³-hybridized carbons (Fsp3) is 0.133. The molecule has 0 aliphatic rings. The number of carbonyl (C=O) groups excluding carboxylic acids is 1. The van der Waals surface area contributed by atoms with E-state index in [-0.39, 0.29) is 11.7 Å². The van der Waals surface area contributed by atoms with Crippen molar-refractivity contribution < 1.29 is 4.79 Å². The summed E-state index contributed by atoms with van der Waals surface area (Å²) < 4.78 is 3.02. The number of fused-ring (bicyclic) bond motifs is 1. The molecule has 0 fully saturated rings. The number of hydrogen-bond acceptors (Lipinski definition) is 5. The molecule has 0 radical (unpaired) electrons. The van der Waals surface area contributed by atoms with E-state index in [1.165, 1.54) is 11.8 Å². The van der Waals surface area contributed by atoms with Crippen LogP contribution in [0.25, 0.3) is 11.0 Å². The average Bonchev–Trinajstić information content (AvgIpc) is 3.10. The van der Waals surface area contributed by atoms with Crippen molar-refractivity contribution in [2.75, 3.05) is 5.75 Å². The molecule has 0 aliphatic carbocycles. The number of thioether (sulfide) groups is 1. The Kier molecular flexibility index (Phi) is 5.14. The minimum absolute atomic E-state index is 0.158. The molecule has 0 bridgehead atoms. The fourth-order valence-corrected chi connectivity index (χ4v) is 4.06. The third-order valence-electron chi connectivity index (χ3n) is 3.05. The average molecular weight is 409 g/mol. The van der Waals surface area contributed by atoms with Crippen molar-refractivity contribution in [3.63, 3.8) is 0 Å². The number of hydrogen-bond donors (Lipinski definition) is 1. The predicted molar refractivity (Wildman–Crippen MR) is 99.2 cm³/mol. The second-order valence-electron chi connectivity index (χ2n) is 4.67. The molecular weight excluding hydrogens is 396 g/mol. The Morgan fingerprint density at radius 1 is 1.43 bits per heavy atom. The molecule has 5 nitrogen and oxygen atoms in total. The van der Waals surface area contributed by atoms with Crippen LogP contribution < -0.4 is 5.43 Å². The van der Waals surface area contributed by atoms with Crippen molar-refractivity contribution in [1.29, 1.82) is 0 Å². The molecule has 1 aromatic carbocycles. The summed E-state index contributed by atoms with van der Waals surface area (Å²) in [4.78, 5) is 17.3. The molecule has 8 heteroatoms. The molecule has 0 saturated heterocycles. The van der Waals surface area contributed by atoms with Crippen molar-refractivity contribution in [3.05, 3.63) is 45.1 Å². The standard InChI is InChI=1S/C15H13BrN4OS2/c1-20-12-5-3-2-4-11(12)18-15(20)22-9-14(21)19-17-8-10-6-7-13(16)23-10/h2-8H,9H2,1H3,(H,19,21). The largest absolute Gasteiger partial charge is 0.322 e. The first kappa shape index (κ1) is 16.2. The van der Waals surface area contributed by atoms with Gasteiger partial charge >= 0.3 is 0 Å². The van der Waals surface area contributed by atoms with E-state index in [2.05, 4.69) is 31.4 Å². The van der Waals surface area contributed by atoms with E-state index in [0.29, 0.717) is 0 Å². The van der Waals surface area contributed by atoms with Crippen LogP contribution in [-0.2, 0) is 11.8 Å². The molecule has 0 saturated carbocycles. The summed E-state index contributed by atoms with van der Waals surface area (Å²) in [6.45, 7) is 0. The number of nitrogens with zero attached hydrogens (tertiary/aromatic N) is 3. The molecule has 1 N–H and O–H groups in total. The molecule has 0 atom stereocenters. The van der Waals surface area contributed by atoms with Crippen LogP contribution in [0.4, 0.5) is 0 Å². The van der Waals surface area contributed by atoms with Gasteiger partial charge in [0.2, 0.25) is 0 Å². The molecule has 23 heavy (non-hydrogen) atoms. The van der Waals surface area contributed by atoms with Gasteiger partial charge in [-0.25, -0.2) is 10.4 Å². The highest BCUT2D eigenvalue weighted by Crippen LogP contribution is 2.22.